The average molecular weight is 529 g/mol. The zero-order valence-electron chi connectivity index (χ0n) is 23.2. The first kappa shape index (κ1) is 24.8. The van der Waals surface area contributed by atoms with Crippen molar-refractivity contribution < 1.29 is 9.59 Å². The molecule has 0 radical (unpaired) electrons. The van der Waals surface area contributed by atoms with Gasteiger partial charge in [-0.1, -0.05) is 96.1 Å². The van der Waals surface area contributed by atoms with Crippen molar-refractivity contribution in [3.05, 3.63) is 130 Å². The molecule has 40 heavy (non-hydrogen) atoms. The minimum absolute atomic E-state index is 0.0428. The van der Waals surface area contributed by atoms with E-state index in [-0.39, 0.29) is 11.8 Å². The van der Waals surface area contributed by atoms with E-state index in [2.05, 4.69) is 53.5 Å². The zero-order chi connectivity index (χ0) is 27.8. The van der Waals surface area contributed by atoms with E-state index in [1.54, 1.807) is 9.80 Å². The molecule has 1 saturated heterocycles. The number of anilines is 2. The van der Waals surface area contributed by atoms with Crippen LogP contribution in [-0.4, -0.2) is 30.8 Å². The van der Waals surface area contributed by atoms with E-state index >= 15 is 0 Å². The van der Waals surface area contributed by atoms with Crippen LogP contribution < -0.4 is 15.1 Å². The van der Waals surface area contributed by atoms with E-state index < -0.39 is 17.2 Å². The Bertz CT molecular complexity index is 1670. The van der Waals surface area contributed by atoms with Crippen LogP contribution in [-0.2, 0) is 27.3 Å². The molecule has 0 saturated carbocycles. The first-order chi connectivity index (χ1) is 19.3. The fraction of sp³-hybridized carbons (Fsp3) is 0.235. The lowest BCUT2D eigenvalue weighted by Gasteiger charge is -2.42. The number of hydrogen-bond acceptors (Lipinski definition) is 4. The first-order valence-electron chi connectivity index (χ1n) is 13.7. The number of carbonyl (C=O) groups excluding carboxylic acids is 2. The molecule has 3 atom stereocenters. The van der Waals surface area contributed by atoms with Crippen LogP contribution >= 0.6 is 0 Å². The number of nitrogens with one attached hydrogen (secondary N) is 1. The third-order valence-electron chi connectivity index (χ3n) is 8.99. The summed E-state index contributed by atoms with van der Waals surface area (Å²) >= 11 is 0. The zero-order valence-corrected chi connectivity index (χ0v) is 23.2. The molecule has 3 aliphatic heterocycles. The lowest BCUT2D eigenvalue weighted by Crippen LogP contribution is -2.60. The Balaban J connectivity index is 1.60. The average Bonchev–Trinajstić information content (AvgIpc) is 3.47. The summed E-state index contributed by atoms with van der Waals surface area (Å²) in [5.41, 5.74) is 5.23. The maximum absolute atomic E-state index is 14.9. The van der Waals surface area contributed by atoms with Crippen molar-refractivity contribution in [2.75, 3.05) is 23.9 Å². The molecule has 3 heterocycles. The molecule has 0 unspecified atom stereocenters. The molecule has 6 heteroatoms. The van der Waals surface area contributed by atoms with Crippen LogP contribution in [0.3, 0.4) is 0 Å². The Morgan fingerprint density at radius 3 is 1.90 bits per heavy atom. The number of amides is 2. The number of hydrogen-bond donors (Lipinski definition) is 1. The van der Waals surface area contributed by atoms with E-state index in [1.807, 2.05) is 81.7 Å². The largest absolute Gasteiger partial charge is 0.313 e. The Morgan fingerprint density at radius 1 is 0.700 bits per heavy atom. The monoisotopic (exact) mass is 528 g/mol. The van der Waals surface area contributed by atoms with Crippen molar-refractivity contribution in [3.63, 3.8) is 0 Å². The van der Waals surface area contributed by atoms with E-state index in [1.165, 1.54) is 0 Å². The van der Waals surface area contributed by atoms with Gasteiger partial charge in [0.05, 0.1) is 11.7 Å². The van der Waals surface area contributed by atoms with Gasteiger partial charge in [0.25, 0.3) is 11.8 Å². The molecule has 1 N–H and O–H groups in total. The molecule has 3 aliphatic rings. The Morgan fingerprint density at radius 2 is 1.25 bits per heavy atom. The second-order valence-corrected chi connectivity index (χ2v) is 11.3. The second-order valence-electron chi connectivity index (χ2n) is 11.3. The van der Waals surface area contributed by atoms with Crippen LogP contribution in [0.15, 0.2) is 97.1 Å². The van der Waals surface area contributed by atoms with Crippen molar-refractivity contribution in [1.82, 2.24) is 10.2 Å². The summed E-state index contributed by atoms with van der Waals surface area (Å²) in [6.07, 6.45) is 0. The summed E-state index contributed by atoms with van der Waals surface area (Å²) in [6.45, 7) is 4.50. The van der Waals surface area contributed by atoms with E-state index in [0.29, 0.717) is 6.54 Å². The van der Waals surface area contributed by atoms with Crippen LogP contribution in [0, 0.1) is 13.8 Å². The standard InChI is InChI=1S/C34H32N4O2/c1-22-15-17-28-26(19-22)33(31(39)36(28)3)30(25-13-9-6-10-14-25)35-34(38(33)21-24-11-7-5-8-12-24)27-20-23(2)16-18-29(27)37(4)32(34)40/h5-20,30,35H,21H2,1-4H3/t30-,33-,34+/m0/s1. The number of nitrogens with zero attached hydrogens (tertiary/aromatic N) is 3. The topological polar surface area (TPSA) is 55.9 Å². The summed E-state index contributed by atoms with van der Waals surface area (Å²) < 4.78 is 0. The normalized spacial score (nSPS) is 25.4. The van der Waals surface area contributed by atoms with Gasteiger partial charge in [-0.05, 0) is 37.1 Å². The van der Waals surface area contributed by atoms with Gasteiger partial charge in [-0.15, -0.1) is 0 Å². The molecule has 1 fully saturated rings. The molecule has 2 amide bonds. The van der Waals surface area contributed by atoms with E-state index in [4.69, 9.17) is 0 Å². The molecule has 0 aromatic heterocycles. The van der Waals surface area contributed by atoms with E-state index in [0.717, 1.165) is 44.8 Å². The van der Waals surface area contributed by atoms with Gasteiger partial charge in [-0.25, -0.2) is 4.90 Å². The molecule has 7 rings (SSSR count). The predicted molar refractivity (Wildman–Crippen MR) is 157 cm³/mol. The summed E-state index contributed by atoms with van der Waals surface area (Å²) in [5.74, 6) is -0.128. The molecule has 200 valence electrons. The van der Waals surface area contributed by atoms with Gasteiger partial charge in [0.2, 0.25) is 0 Å². The van der Waals surface area contributed by atoms with Crippen LogP contribution in [0.2, 0.25) is 0 Å². The number of aryl methyl sites for hydroxylation is 2. The number of benzene rings is 4. The summed E-state index contributed by atoms with van der Waals surface area (Å²) in [7, 11) is 3.68. The van der Waals surface area contributed by atoms with Gasteiger partial charge in [-0.3, -0.25) is 14.9 Å². The predicted octanol–water partition coefficient (Wildman–Crippen LogP) is 5.15. The fourth-order valence-corrected chi connectivity index (χ4v) is 7.16. The molecule has 0 aliphatic carbocycles. The van der Waals surface area contributed by atoms with Gasteiger partial charge in [0.1, 0.15) is 0 Å². The molecule has 6 nitrogen and oxygen atoms in total. The SMILES string of the molecule is Cc1ccc2c(c1)[C@]1(N[C@@H](c3ccccc3)[C@@]3(C(=O)N(C)c4ccc(C)cc43)N1Cc1ccccc1)C(=O)N2C. The minimum atomic E-state index is -1.26. The Kier molecular flexibility index (Phi) is 5.33. The van der Waals surface area contributed by atoms with Crippen LogP contribution in [0.4, 0.5) is 11.4 Å². The van der Waals surface area contributed by atoms with Crippen molar-refractivity contribution in [1.29, 1.82) is 0 Å². The first-order valence-corrected chi connectivity index (χ1v) is 13.7. The molecule has 4 aromatic rings. The van der Waals surface area contributed by atoms with Crippen LogP contribution in [0.1, 0.15) is 39.4 Å². The maximum Gasteiger partial charge on any atom is 0.267 e. The van der Waals surface area contributed by atoms with Gasteiger partial charge < -0.3 is 9.80 Å². The molecule has 4 aromatic carbocycles. The number of rotatable bonds is 3. The summed E-state index contributed by atoms with van der Waals surface area (Å²) in [5, 5.41) is 3.85. The van der Waals surface area contributed by atoms with Crippen molar-refractivity contribution in [2.24, 2.45) is 0 Å². The third kappa shape index (κ3) is 3.06. The van der Waals surface area contributed by atoms with Gasteiger partial charge in [0, 0.05) is 37.5 Å². The lowest BCUT2D eigenvalue weighted by atomic mass is 9.79. The van der Waals surface area contributed by atoms with Gasteiger partial charge >= 0.3 is 0 Å². The van der Waals surface area contributed by atoms with Gasteiger partial charge in [-0.2, -0.15) is 0 Å². The molecular weight excluding hydrogens is 496 g/mol. The summed E-state index contributed by atoms with van der Waals surface area (Å²) in [4.78, 5) is 35.3. The highest BCUT2D eigenvalue weighted by Gasteiger charge is 2.73. The highest BCUT2D eigenvalue weighted by atomic mass is 16.2. The minimum Gasteiger partial charge on any atom is -0.313 e. The Labute approximate surface area is 234 Å². The van der Waals surface area contributed by atoms with E-state index in [9.17, 15) is 9.59 Å². The quantitative estimate of drug-likeness (QED) is 0.400. The molecule has 2 spiro atoms. The highest BCUT2D eigenvalue weighted by Crippen LogP contribution is 2.62. The highest BCUT2D eigenvalue weighted by molar-refractivity contribution is 6.12. The molecular formula is C34H32N4O2. The van der Waals surface area contributed by atoms with Crippen LogP contribution in [0.25, 0.3) is 0 Å². The van der Waals surface area contributed by atoms with Crippen molar-refractivity contribution >= 4 is 23.2 Å². The third-order valence-corrected chi connectivity index (χ3v) is 8.99. The second kappa shape index (κ2) is 8.62. The Hall–Kier alpha value is -4.26. The van der Waals surface area contributed by atoms with Gasteiger partial charge in [0.15, 0.2) is 11.2 Å². The lowest BCUT2D eigenvalue weighted by molar-refractivity contribution is -0.139. The fourth-order valence-electron chi connectivity index (χ4n) is 7.16. The maximum atomic E-state index is 14.9. The molecule has 0 bridgehead atoms. The smallest absolute Gasteiger partial charge is 0.267 e. The number of fused-ring (bicyclic) bond motifs is 4. The number of likely N-dealkylation sites (N-methyl/N-ethyl adjacent to an activating group) is 2. The van der Waals surface area contributed by atoms with Crippen molar-refractivity contribution in [2.45, 2.75) is 37.6 Å². The summed E-state index contributed by atoms with van der Waals surface area (Å²) in [6, 6.07) is 32.1. The van der Waals surface area contributed by atoms with Crippen LogP contribution in [0.5, 0.6) is 0 Å². The number of carbonyl (C=O) groups is 2. The van der Waals surface area contributed by atoms with Crippen molar-refractivity contribution in [3.8, 4) is 0 Å².